The number of hydrogen-bond acceptors (Lipinski definition) is 2. The first kappa shape index (κ1) is 14.8. The van der Waals surface area contributed by atoms with Crippen LogP contribution in [0.15, 0.2) is 36.9 Å². The third-order valence-corrected chi connectivity index (χ3v) is 2.80. The number of allylic oxidation sites excluding steroid dienone is 1. The lowest BCUT2D eigenvalue weighted by atomic mass is 10.1. The highest BCUT2D eigenvalue weighted by molar-refractivity contribution is 5.27. The first-order chi connectivity index (χ1) is 8.72. The monoisotopic (exact) mass is 247 g/mol. The quantitative estimate of drug-likeness (QED) is 0.533. The largest absolute Gasteiger partial charge is 0.494 e. The second kappa shape index (κ2) is 8.76. The van der Waals surface area contributed by atoms with Gasteiger partial charge in [-0.3, -0.25) is 0 Å². The van der Waals surface area contributed by atoms with Crippen LogP contribution in [0.25, 0.3) is 0 Å². The molecule has 18 heavy (non-hydrogen) atoms. The molecule has 1 unspecified atom stereocenters. The van der Waals surface area contributed by atoms with E-state index in [0.717, 1.165) is 31.6 Å². The Labute approximate surface area is 111 Å². The Hall–Kier alpha value is -1.28. The molecule has 2 N–H and O–H groups in total. The maximum absolute atomic E-state index is 5.76. The van der Waals surface area contributed by atoms with E-state index in [4.69, 9.17) is 10.5 Å². The standard InChI is InChI=1S/C16H25NO/c1-3-4-5-6-7-12-18-16-10-8-15(9-11-16)13-14(2)17/h3,8-11,14H,1,4-7,12-13,17H2,2H3. The molecule has 0 amide bonds. The van der Waals surface area contributed by atoms with Crippen molar-refractivity contribution in [1.29, 1.82) is 0 Å². The molecule has 100 valence electrons. The normalized spacial score (nSPS) is 12.1. The van der Waals surface area contributed by atoms with Crippen molar-refractivity contribution in [3.8, 4) is 5.75 Å². The molecule has 1 rings (SSSR count). The van der Waals surface area contributed by atoms with Gasteiger partial charge < -0.3 is 10.5 Å². The summed E-state index contributed by atoms with van der Waals surface area (Å²) < 4.78 is 5.69. The van der Waals surface area contributed by atoms with Gasteiger partial charge in [0.2, 0.25) is 0 Å². The van der Waals surface area contributed by atoms with Crippen LogP contribution in [0.4, 0.5) is 0 Å². The molecule has 0 aliphatic rings. The maximum atomic E-state index is 5.76. The van der Waals surface area contributed by atoms with Gasteiger partial charge in [0.05, 0.1) is 6.61 Å². The van der Waals surface area contributed by atoms with Crippen LogP contribution in [0.2, 0.25) is 0 Å². The van der Waals surface area contributed by atoms with Gasteiger partial charge in [0.15, 0.2) is 0 Å². The average molecular weight is 247 g/mol. The van der Waals surface area contributed by atoms with E-state index in [2.05, 4.69) is 18.7 Å². The van der Waals surface area contributed by atoms with Crippen molar-refractivity contribution in [2.75, 3.05) is 6.61 Å². The molecule has 0 aliphatic carbocycles. The molecule has 0 saturated carbocycles. The summed E-state index contributed by atoms with van der Waals surface area (Å²) in [6.07, 6.45) is 7.51. The van der Waals surface area contributed by atoms with Gasteiger partial charge in [-0.2, -0.15) is 0 Å². The number of unbranched alkanes of at least 4 members (excludes halogenated alkanes) is 3. The highest BCUT2D eigenvalue weighted by Crippen LogP contribution is 2.14. The molecule has 0 aliphatic heterocycles. The lowest BCUT2D eigenvalue weighted by molar-refractivity contribution is 0.305. The zero-order chi connectivity index (χ0) is 13.2. The van der Waals surface area contributed by atoms with Crippen LogP contribution < -0.4 is 10.5 Å². The molecule has 1 atom stereocenters. The molecular formula is C16H25NO. The van der Waals surface area contributed by atoms with Crippen molar-refractivity contribution >= 4 is 0 Å². The fraction of sp³-hybridized carbons (Fsp3) is 0.500. The fourth-order valence-corrected chi connectivity index (χ4v) is 1.85. The highest BCUT2D eigenvalue weighted by atomic mass is 16.5. The average Bonchev–Trinajstić information content (AvgIpc) is 2.35. The Morgan fingerprint density at radius 3 is 2.56 bits per heavy atom. The lowest BCUT2D eigenvalue weighted by Crippen LogP contribution is -2.17. The minimum absolute atomic E-state index is 0.210. The van der Waals surface area contributed by atoms with Gasteiger partial charge in [-0.05, 0) is 56.7 Å². The van der Waals surface area contributed by atoms with Crippen LogP contribution in [0.5, 0.6) is 5.75 Å². The smallest absolute Gasteiger partial charge is 0.119 e. The number of ether oxygens (including phenoxy) is 1. The van der Waals surface area contributed by atoms with Crippen LogP contribution in [0.3, 0.4) is 0 Å². The van der Waals surface area contributed by atoms with Gasteiger partial charge in [0, 0.05) is 6.04 Å². The van der Waals surface area contributed by atoms with Crippen molar-refractivity contribution in [2.24, 2.45) is 5.73 Å². The third kappa shape index (κ3) is 6.45. The lowest BCUT2D eigenvalue weighted by Gasteiger charge is -2.08. The Morgan fingerprint density at radius 1 is 1.22 bits per heavy atom. The summed E-state index contributed by atoms with van der Waals surface area (Å²) in [5.41, 5.74) is 7.03. The molecule has 0 radical (unpaired) electrons. The van der Waals surface area contributed by atoms with E-state index in [9.17, 15) is 0 Å². The van der Waals surface area contributed by atoms with Crippen LogP contribution in [0.1, 0.15) is 38.2 Å². The predicted molar refractivity (Wildman–Crippen MR) is 78.0 cm³/mol. The van der Waals surface area contributed by atoms with Gasteiger partial charge in [0.1, 0.15) is 5.75 Å². The van der Waals surface area contributed by atoms with Gasteiger partial charge in [-0.15, -0.1) is 6.58 Å². The molecule has 0 saturated heterocycles. The molecule has 0 aromatic heterocycles. The zero-order valence-corrected chi connectivity index (χ0v) is 11.4. The first-order valence-corrected chi connectivity index (χ1v) is 6.80. The summed E-state index contributed by atoms with van der Waals surface area (Å²) in [6.45, 7) is 6.53. The van der Waals surface area contributed by atoms with E-state index in [0.29, 0.717) is 0 Å². The summed E-state index contributed by atoms with van der Waals surface area (Å²) in [7, 11) is 0. The van der Waals surface area contributed by atoms with Crippen molar-refractivity contribution in [3.05, 3.63) is 42.5 Å². The molecule has 0 fully saturated rings. The maximum Gasteiger partial charge on any atom is 0.119 e. The number of hydrogen-bond donors (Lipinski definition) is 1. The number of nitrogens with two attached hydrogens (primary N) is 1. The minimum atomic E-state index is 0.210. The van der Waals surface area contributed by atoms with E-state index in [1.165, 1.54) is 18.4 Å². The Bertz CT molecular complexity index is 329. The molecular weight excluding hydrogens is 222 g/mol. The van der Waals surface area contributed by atoms with Gasteiger partial charge in [-0.1, -0.05) is 18.2 Å². The zero-order valence-electron chi connectivity index (χ0n) is 11.4. The Kier molecular flexibility index (Phi) is 7.19. The van der Waals surface area contributed by atoms with E-state index >= 15 is 0 Å². The van der Waals surface area contributed by atoms with Crippen molar-refractivity contribution in [3.63, 3.8) is 0 Å². The third-order valence-electron chi connectivity index (χ3n) is 2.80. The van der Waals surface area contributed by atoms with Crippen molar-refractivity contribution in [1.82, 2.24) is 0 Å². The van der Waals surface area contributed by atoms with Crippen LogP contribution >= 0.6 is 0 Å². The van der Waals surface area contributed by atoms with Crippen LogP contribution in [-0.4, -0.2) is 12.6 Å². The SMILES string of the molecule is C=CCCCCCOc1ccc(CC(C)N)cc1. The predicted octanol–water partition coefficient (Wildman–Crippen LogP) is 3.70. The summed E-state index contributed by atoms with van der Waals surface area (Å²) in [6, 6.07) is 8.46. The van der Waals surface area contributed by atoms with Gasteiger partial charge >= 0.3 is 0 Å². The van der Waals surface area contributed by atoms with E-state index in [-0.39, 0.29) is 6.04 Å². The summed E-state index contributed by atoms with van der Waals surface area (Å²) in [5.74, 6) is 0.951. The molecule has 2 nitrogen and oxygen atoms in total. The van der Waals surface area contributed by atoms with E-state index in [1.54, 1.807) is 0 Å². The molecule has 1 aromatic carbocycles. The van der Waals surface area contributed by atoms with E-state index < -0.39 is 0 Å². The first-order valence-electron chi connectivity index (χ1n) is 6.80. The second-order valence-electron chi connectivity index (χ2n) is 4.81. The topological polar surface area (TPSA) is 35.2 Å². The molecule has 0 heterocycles. The summed E-state index contributed by atoms with van der Waals surface area (Å²) in [4.78, 5) is 0. The summed E-state index contributed by atoms with van der Waals surface area (Å²) in [5, 5.41) is 0. The molecule has 1 aromatic rings. The summed E-state index contributed by atoms with van der Waals surface area (Å²) >= 11 is 0. The molecule has 2 heteroatoms. The number of benzene rings is 1. The molecule has 0 spiro atoms. The second-order valence-corrected chi connectivity index (χ2v) is 4.81. The number of rotatable bonds is 9. The Balaban J connectivity index is 2.20. The minimum Gasteiger partial charge on any atom is -0.494 e. The fourth-order valence-electron chi connectivity index (χ4n) is 1.85. The van der Waals surface area contributed by atoms with Crippen molar-refractivity contribution < 1.29 is 4.74 Å². The van der Waals surface area contributed by atoms with E-state index in [1.807, 2.05) is 25.1 Å². The van der Waals surface area contributed by atoms with Gasteiger partial charge in [-0.25, -0.2) is 0 Å². The Morgan fingerprint density at radius 2 is 1.94 bits per heavy atom. The van der Waals surface area contributed by atoms with Crippen LogP contribution in [-0.2, 0) is 6.42 Å². The highest BCUT2D eigenvalue weighted by Gasteiger charge is 1.99. The van der Waals surface area contributed by atoms with Gasteiger partial charge in [0.25, 0.3) is 0 Å². The van der Waals surface area contributed by atoms with Crippen LogP contribution in [0, 0.1) is 0 Å². The molecule has 0 bridgehead atoms. The van der Waals surface area contributed by atoms with Crippen molar-refractivity contribution in [2.45, 2.75) is 45.1 Å².